The Morgan fingerprint density at radius 1 is 1.03 bits per heavy atom. The molecule has 3 aromatic rings. The summed E-state index contributed by atoms with van der Waals surface area (Å²) in [6, 6.07) is 20.2. The number of methoxy groups -OCH3 is 2. The minimum Gasteiger partial charge on any atom is -0.472 e. The average Bonchev–Trinajstić information content (AvgIpc) is 3.65. The second-order valence-corrected chi connectivity index (χ2v) is 9.81. The summed E-state index contributed by atoms with van der Waals surface area (Å²) in [5.74, 6) is -1.85. The van der Waals surface area contributed by atoms with Crippen molar-refractivity contribution >= 4 is 23.3 Å². The monoisotopic (exact) mass is 484 g/mol. The van der Waals surface area contributed by atoms with E-state index in [4.69, 9.17) is 18.9 Å². The van der Waals surface area contributed by atoms with Crippen molar-refractivity contribution in [2.24, 2.45) is 10.4 Å². The molecule has 3 aliphatic rings. The lowest BCUT2D eigenvalue weighted by molar-refractivity contribution is -0.166. The standard InChI is InChI=1S/C29H28N2O5/c1-34-26(32)29(27(33)35-2)22(20-12-15-36-18-20)16-24-28(21-10-6-7-11-23(21)30-25(28)29)13-14-31(24)17-19-8-4-3-5-9-19/h3-12,15,18,22,24H,13-14,16-17H2,1-2H3/t22?,24-,28+/m0/s1. The van der Waals surface area contributed by atoms with E-state index in [9.17, 15) is 9.59 Å². The van der Waals surface area contributed by atoms with Gasteiger partial charge in [0.25, 0.3) is 0 Å². The number of aliphatic imine (C=N–C) groups is 1. The van der Waals surface area contributed by atoms with Gasteiger partial charge in [-0.2, -0.15) is 0 Å². The minimum absolute atomic E-state index is 0.0162. The molecule has 6 rings (SSSR count). The van der Waals surface area contributed by atoms with Crippen LogP contribution in [0.15, 0.2) is 82.6 Å². The molecule has 1 unspecified atom stereocenters. The molecule has 1 aromatic heterocycles. The Morgan fingerprint density at radius 3 is 2.44 bits per heavy atom. The lowest BCUT2D eigenvalue weighted by atomic mass is 9.51. The van der Waals surface area contributed by atoms with Crippen molar-refractivity contribution in [2.45, 2.75) is 36.8 Å². The third-order valence-electron chi connectivity index (χ3n) is 8.39. The number of para-hydroxylation sites is 1. The minimum atomic E-state index is -1.72. The molecule has 3 atom stereocenters. The Bertz CT molecular complexity index is 1320. The smallest absolute Gasteiger partial charge is 0.329 e. The predicted molar refractivity (Wildman–Crippen MR) is 133 cm³/mol. The summed E-state index contributed by atoms with van der Waals surface area (Å²) in [6.45, 7) is 1.58. The summed E-state index contributed by atoms with van der Waals surface area (Å²) < 4.78 is 16.1. The molecule has 1 spiro atoms. The topological polar surface area (TPSA) is 81.3 Å². The molecule has 3 heterocycles. The summed E-state index contributed by atoms with van der Waals surface area (Å²) in [7, 11) is 2.63. The normalized spacial score (nSPS) is 25.9. The van der Waals surface area contributed by atoms with Crippen LogP contribution < -0.4 is 0 Å². The molecule has 2 fully saturated rings. The molecule has 184 valence electrons. The zero-order valence-electron chi connectivity index (χ0n) is 20.3. The van der Waals surface area contributed by atoms with Gasteiger partial charge in [-0.25, -0.2) is 0 Å². The van der Waals surface area contributed by atoms with Crippen molar-refractivity contribution in [1.82, 2.24) is 4.90 Å². The molecular weight excluding hydrogens is 456 g/mol. The summed E-state index contributed by atoms with van der Waals surface area (Å²) in [5, 5.41) is 0. The number of hydrogen-bond donors (Lipinski definition) is 0. The molecule has 0 N–H and O–H groups in total. The first-order valence-corrected chi connectivity index (χ1v) is 12.2. The highest BCUT2D eigenvalue weighted by atomic mass is 16.5. The zero-order valence-corrected chi connectivity index (χ0v) is 20.3. The fourth-order valence-corrected chi connectivity index (χ4v) is 6.95. The number of furan rings is 1. The number of rotatable bonds is 5. The number of benzene rings is 2. The average molecular weight is 485 g/mol. The van der Waals surface area contributed by atoms with Crippen LogP contribution in [0.25, 0.3) is 0 Å². The van der Waals surface area contributed by atoms with E-state index in [1.165, 1.54) is 19.8 Å². The van der Waals surface area contributed by atoms with Crippen molar-refractivity contribution in [3.8, 4) is 0 Å². The summed E-state index contributed by atoms with van der Waals surface area (Å²) >= 11 is 0. The van der Waals surface area contributed by atoms with Crippen LogP contribution in [0.4, 0.5) is 5.69 Å². The van der Waals surface area contributed by atoms with Crippen molar-refractivity contribution in [3.05, 3.63) is 89.9 Å². The third kappa shape index (κ3) is 2.92. The first-order chi connectivity index (χ1) is 17.6. The Morgan fingerprint density at radius 2 is 1.75 bits per heavy atom. The van der Waals surface area contributed by atoms with E-state index >= 15 is 0 Å². The zero-order chi connectivity index (χ0) is 24.9. The molecule has 7 nitrogen and oxygen atoms in total. The second-order valence-electron chi connectivity index (χ2n) is 9.81. The fourth-order valence-electron chi connectivity index (χ4n) is 6.95. The molecular formula is C29H28N2O5. The van der Waals surface area contributed by atoms with Gasteiger partial charge >= 0.3 is 11.9 Å². The van der Waals surface area contributed by atoms with Gasteiger partial charge in [-0.15, -0.1) is 0 Å². The molecule has 1 saturated heterocycles. The van der Waals surface area contributed by atoms with Gasteiger partial charge < -0.3 is 13.9 Å². The lowest BCUT2D eigenvalue weighted by Gasteiger charge is -2.51. The van der Waals surface area contributed by atoms with Crippen LogP contribution in [0, 0.1) is 5.41 Å². The van der Waals surface area contributed by atoms with Crippen LogP contribution in [0.2, 0.25) is 0 Å². The van der Waals surface area contributed by atoms with Crippen molar-refractivity contribution in [2.75, 3.05) is 20.8 Å². The molecule has 0 radical (unpaired) electrons. The Hall–Kier alpha value is -3.71. The van der Waals surface area contributed by atoms with Crippen molar-refractivity contribution in [3.63, 3.8) is 0 Å². The molecule has 2 aromatic carbocycles. The van der Waals surface area contributed by atoms with E-state index in [-0.39, 0.29) is 6.04 Å². The maximum atomic E-state index is 13.8. The highest BCUT2D eigenvalue weighted by Gasteiger charge is 2.73. The van der Waals surface area contributed by atoms with Crippen molar-refractivity contribution < 1.29 is 23.5 Å². The van der Waals surface area contributed by atoms with Gasteiger partial charge in [0.05, 0.1) is 43.6 Å². The maximum Gasteiger partial charge on any atom is 0.329 e. The van der Waals surface area contributed by atoms with Gasteiger partial charge in [-0.05, 0) is 41.7 Å². The third-order valence-corrected chi connectivity index (χ3v) is 8.39. The van der Waals surface area contributed by atoms with Crippen LogP contribution in [-0.2, 0) is 31.0 Å². The molecule has 0 amide bonds. The quantitative estimate of drug-likeness (QED) is 0.395. The van der Waals surface area contributed by atoms with Gasteiger partial charge in [-0.3, -0.25) is 19.5 Å². The molecule has 0 bridgehead atoms. The van der Waals surface area contributed by atoms with Crippen LogP contribution in [0.1, 0.15) is 35.4 Å². The van der Waals surface area contributed by atoms with Crippen LogP contribution in [0.3, 0.4) is 0 Å². The number of esters is 2. The molecule has 36 heavy (non-hydrogen) atoms. The van der Waals surface area contributed by atoms with Gasteiger partial charge in [0, 0.05) is 25.0 Å². The number of fused-ring (bicyclic) bond motifs is 1. The maximum absolute atomic E-state index is 13.8. The Kier molecular flexibility index (Phi) is 5.34. The predicted octanol–water partition coefficient (Wildman–Crippen LogP) is 4.40. The van der Waals surface area contributed by atoms with Crippen molar-refractivity contribution in [1.29, 1.82) is 0 Å². The van der Waals surface area contributed by atoms with Gasteiger partial charge in [-0.1, -0.05) is 48.5 Å². The van der Waals surface area contributed by atoms with E-state index in [2.05, 4.69) is 23.1 Å². The number of nitrogens with zero attached hydrogens (tertiary/aromatic N) is 2. The SMILES string of the molecule is COC(=O)C1(C(=O)OC)C2=Nc3ccccc3[C@@]23CCN(Cc2ccccc2)[C@H]3CC1c1ccoc1. The molecule has 7 heteroatoms. The largest absolute Gasteiger partial charge is 0.472 e. The van der Waals surface area contributed by atoms with Gasteiger partial charge in [0.2, 0.25) is 5.41 Å². The van der Waals surface area contributed by atoms with Gasteiger partial charge in [0.1, 0.15) is 0 Å². The second kappa shape index (κ2) is 8.45. The first kappa shape index (κ1) is 22.7. The van der Waals surface area contributed by atoms with E-state index in [1.807, 2.05) is 42.5 Å². The highest BCUT2D eigenvalue weighted by molar-refractivity contribution is 6.28. The number of carbonyl (C=O) groups is 2. The van der Waals surface area contributed by atoms with E-state index in [1.54, 1.807) is 12.5 Å². The van der Waals surface area contributed by atoms with Crippen LogP contribution in [-0.4, -0.2) is 49.4 Å². The van der Waals surface area contributed by atoms with E-state index in [0.29, 0.717) is 12.1 Å². The summed E-state index contributed by atoms with van der Waals surface area (Å²) in [5.41, 5.74) is 2.04. The van der Waals surface area contributed by atoms with Crippen LogP contribution >= 0.6 is 0 Å². The molecule has 2 aliphatic heterocycles. The highest BCUT2D eigenvalue weighted by Crippen LogP contribution is 2.63. The Labute approximate surface area is 209 Å². The number of ether oxygens (including phenoxy) is 2. The number of carbonyl (C=O) groups excluding carboxylic acids is 2. The molecule has 1 aliphatic carbocycles. The number of hydrogen-bond acceptors (Lipinski definition) is 7. The number of likely N-dealkylation sites (tertiary alicyclic amines) is 1. The fraction of sp³-hybridized carbons (Fsp3) is 0.345. The summed E-state index contributed by atoms with van der Waals surface area (Å²) in [6.07, 6.45) is 4.47. The first-order valence-electron chi connectivity index (χ1n) is 12.2. The van der Waals surface area contributed by atoms with E-state index < -0.39 is 28.7 Å². The Balaban J connectivity index is 1.59. The van der Waals surface area contributed by atoms with Gasteiger partial charge in [0.15, 0.2) is 0 Å². The van der Waals surface area contributed by atoms with Crippen LogP contribution in [0.5, 0.6) is 0 Å². The lowest BCUT2D eigenvalue weighted by Crippen LogP contribution is -2.65. The summed E-state index contributed by atoms with van der Waals surface area (Å²) in [4.78, 5) is 35.1. The van der Waals surface area contributed by atoms with E-state index in [0.717, 1.165) is 36.3 Å². The molecule has 1 saturated carbocycles.